The molecular formula is C112H150Cl2N8O16. The van der Waals surface area contributed by atoms with Gasteiger partial charge in [-0.25, -0.2) is 19.2 Å². The van der Waals surface area contributed by atoms with Crippen LogP contribution in [0.3, 0.4) is 0 Å². The number of benzene rings is 4. The van der Waals surface area contributed by atoms with Crippen LogP contribution in [-0.2, 0) is 83.2 Å². The fourth-order valence-electron chi connectivity index (χ4n) is 19.6. The third kappa shape index (κ3) is 34.2. The number of nitrogens with zero attached hydrogens (tertiary/aromatic N) is 8. The van der Waals surface area contributed by atoms with E-state index in [0.717, 1.165) is 184 Å². The molecule has 0 saturated carbocycles. The van der Waals surface area contributed by atoms with Crippen LogP contribution in [0.15, 0.2) is 154 Å². The van der Waals surface area contributed by atoms with Crippen LogP contribution in [0.1, 0.15) is 318 Å². The number of piperidine rings is 4. The summed E-state index contributed by atoms with van der Waals surface area (Å²) < 4.78 is 22.2. The fourth-order valence-corrected chi connectivity index (χ4v) is 20.0. The summed E-state index contributed by atoms with van der Waals surface area (Å²) in [7, 11) is 0. The number of esters is 4. The lowest BCUT2D eigenvalue weighted by atomic mass is 9.94. The van der Waals surface area contributed by atoms with E-state index in [0.29, 0.717) is 144 Å². The molecule has 0 aliphatic carbocycles. The maximum Gasteiger partial charge on any atom is 0.338 e. The molecule has 8 heterocycles. The maximum absolute atomic E-state index is 13.0. The molecule has 0 aromatic heterocycles. The normalized spacial score (nSPS) is 24.9. The third-order valence-corrected chi connectivity index (χ3v) is 27.3. The third-order valence-electron chi connectivity index (χ3n) is 26.3. The Hall–Kier alpha value is -11.0. The maximum atomic E-state index is 13.0. The number of rotatable bonds is 12. The Bertz CT molecular complexity index is 4870. The van der Waals surface area contributed by atoms with Gasteiger partial charge in [-0.15, -0.1) is 0 Å². The lowest BCUT2D eigenvalue weighted by Crippen LogP contribution is -2.48. The first-order valence-corrected chi connectivity index (χ1v) is 50.8. The number of carbonyl (C=O) groups is 8. The smallest absolute Gasteiger partial charge is 0.338 e. The van der Waals surface area contributed by atoms with E-state index in [9.17, 15) is 38.4 Å². The standard InChI is InChI=1S/2C28H37ClN2O4.2C28H38N2O4/c2*1-19-16-20(2)27(29)24-17-23(14-9-7-5-6-8-10-15-34-28(33)26(19)24)30-35-18-25(32)31-21(3)12-11-13-22(31)4;2*1-20-16-21(2)27-24(17-20)18-25(14-9-7-5-6-8-10-15-33-28(27)32)29-34-19-26(31)30-22(3)12-11-13-23(30)4/h2*6,8-9,14,16,21-22H,5,7,10-13,15,17-18H2,1-4H3;2*6,8-9,14,16-17,22-23H,5,7,10-13,15,18-19H2,1-4H3/b8-6+,14-9+,30-23+;8-6+,14-9+,30-23-;8-6+,14-9+,29-25+;8-6+,14-9+,29-25-. The number of hydrogen-bond donors (Lipinski definition) is 0. The first-order chi connectivity index (χ1) is 66.3. The Morgan fingerprint density at radius 1 is 0.297 bits per heavy atom. The van der Waals surface area contributed by atoms with Gasteiger partial charge in [0.15, 0.2) is 26.4 Å². The van der Waals surface area contributed by atoms with Crippen LogP contribution in [0.4, 0.5) is 0 Å². The molecule has 0 N–H and O–H groups in total. The van der Waals surface area contributed by atoms with E-state index in [1.54, 1.807) is 0 Å². The Morgan fingerprint density at radius 3 is 0.768 bits per heavy atom. The molecule has 4 saturated heterocycles. The van der Waals surface area contributed by atoms with Gasteiger partial charge in [0.1, 0.15) is 0 Å². The zero-order valence-corrected chi connectivity index (χ0v) is 86.2. The predicted molar refractivity (Wildman–Crippen MR) is 550 cm³/mol. The molecule has 748 valence electrons. The number of carbonyl (C=O) groups excluding carboxylic acids is 8. The Labute approximate surface area is 829 Å². The summed E-state index contributed by atoms with van der Waals surface area (Å²) in [6.45, 7) is 33.1. The molecule has 26 heteroatoms. The van der Waals surface area contributed by atoms with E-state index in [1.807, 2.05) is 172 Å². The molecule has 8 atom stereocenters. The molecule has 4 amide bonds. The monoisotopic (exact) mass is 1930 g/mol. The van der Waals surface area contributed by atoms with Crippen molar-refractivity contribution in [2.75, 3.05) is 52.9 Å². The minimum atomic E-state index is -0.391. The van der Waals surface area contributed by atoms with Gasteiger partial charge in [0.05, 0.1) is 71.5 Å². The average Bonchev–Trinajstić information content (AvgIpc) is 0.769. The fraction of sp³-hybridized carbons (Fsp3) is 0.536. The summed E-state index contributed by atoms with van der Waals surface area (Å²) >= 11 is 13.4. The molecule has 4 aromatic carbocycles. The first-order valence-electron chi connectivity index (χ1n) is 50.0. The van der Waals surface area contributed by atoms with E-state index < -0.39 is 11.9 Å². The van der Waals surface area contributed by atoms with Crippen LogP contribution in [0.25, 0.3) is 0 Å². The Kier molecular flexibility index (Phi) is 46.1. The van der Waals surface area contributed by atoms with Crippen molar-refractivity contribution in [1.29, 1.82) is 0 Å². The van der Waals surface area contributed by atoms with Gasteiger partial charge < -0.3 is 57.9 Å². The molecule has 24 nitrogen and oxygen atoms in total. The summed E-state index contributed by atoms with van der Waals surface area (Å²) in [4.78, 5) is 133. The topological polar surface area (TPSA) is 273 Å². The molecule has 8 aliphatic rings. The molecule has 12 rings (SSSR count). The van der Waals surface area contributed by atoms with Gasteiger partial charge in [0.2, 0.25) is 0 Å². The molecule has 0 spiro atoms. The zero-order chi connectivity index (χ0) is 99.7. The predicted octanol–water partition coefficient (Wildman–Crippen LogP) is 23.2. The SMILES string of the molecule is Cc1cc(C)c2c(c1)CC(=N/OCC(=O)N1C(C)CCCC1C)/C=C/CC/C=C/CCOC2=O.Cc1cc(C)c2c(c1)CC(=N\OCC(=O)N1C(C)CCCC1C)/C=C/CC/C=C/CCOC2=O.Cc1cc(C)c2c(c1Cl)CC(=N/OCC(=O)N1C(C)CCCC1C)/C=C/CC/C=C/CCOC2=O.Cc1cc(C)c2c(c1Cl)CC(=N\OCC(=O)N1C(C)CCCC1C)/C=C/CC/C=C/CCOC2=O. The molecule has 4 aromatic rings. The van der Waals surface area contributed by atoms with Crippen molar-refractivity contribution in [3.05, 3.63) is 233 Å². The van der Waals surface area contributed by atoms with Crippen molar-refractivity contribution < 1.29 is 76.7 Å². The van der Waals surface area contributed by atoms with Gasteiger partial charge in [-0.2, -0.15) is 0 Å². The highest BCUT2D eigenvalue weighted by molar-refractivity contribution is 6.33. The van der Waals surface area contributed by atoms with Crippen molar-refractivity contribution in [3.63, 3.8) is 0 Å². The molecule has 4 fully saturated rings. The van der Waals surface area contributed by atoms with E-state index >= 15 is 0 Å². The highest BCUT2D eigenvalue weighted by Gasteiger charge is 2.35. The van der Waals surface area contributed by atoms with Crippen LogP contribution in [0.2, 0.25) is 10.0 Å². The van der Waals surface area contributed by atoms with Crippen LogP contribution in [0, 0.1) is 55.4 Å². The Morgan fingerprint density at radius 2 is 0.514 bits per heavy atom. The van der Waals surface area contributed by atoms with Crippen molar-refractivity contribution in [2.45, 2.75) is 339 Å². The van der Waals surface area contributed by atoms with Crippen molar-refractivity contribution in [1.82, 2.24) is 19.6 Å². The molecule has 0 radical (unpaired) electrons. The van der Waals surface area contributed by atoms with Gasteiger partial charge in [-0.1, -0.05) is 164 Å². The van der Waals surface area contributed by atoms with Crippen LogP contribution < -0.4 is 0 Å². The molecule has 0 bridgehead atoms. The number of allylic oxidation sites excluding steroid dienone is 12. The van der Waals surface area contributed by atoms with Crippen LogP contribution in [0.5, 0.6) is 0 Å². The minimum absolute atomic E-state index is 0.0327. The lowest BCUT2D eigenvalue weighted by molar-refractivity contribution is -0.143. The number of fused-ring (bicyclic) bond motifs is 4. The average molecular weight is 1940 g/mol. The molecule has 8 unspecified atom stereocenters. The van der Waals surface area contributed by atoms with Crippen LogP contribution >= 0.6 is 23.2 Å². The summed E-state index contributed by atoms with van der Waals surface area (Å²) in [6.07, 6.45) is 56.2. The van der Waals surface area contributed by atoms with E-state index in [2.05, 4.69) is 112 Å². The van der Waals surface area contributed by atoms with Crippen LogP contribution in [-0.4, -0.2) is 191 Å². The van der Waals surface area contributed by atoms with E-state index in [4.69, 9.17) is 61.5 Å². The number of cyclic esters (lactones) is 4. The van der Waals surface area contributed by atoms with Gasteiger partial charge >= 0.3 is 23.9 Å². The summed E-state index contributed by atoms with van der Waals surface area (Å²) in [6, 6.07) is 13.5. The quantitative estimate of drug-likeness (QED) is 0.0552. The van der Waals surface area contributed by atoms with Gasteiger partial charge in [0, 0.05) is 84.1 Å². The zero-order valence-electron chi connectivity index (χ0n) is 84.6. The summed E-state index contributed by atoms with van der Waals surface area (Å²) in [5, 5.41) is 18.3. The lowest BCUT2D eigenvalue weighted by Gasteiger charge is -2.38. The second-order valence-corrected chi connectivity index (χ2v) is 38.7. The number of halogens is 2. The number of hydrogen-bond acceptors (Lipinski definition) is 20. The number of amides is 4. The number of ether oxygens (including phenoxy) is 4. The Balaban J connectivity index is 0.000000206. The second kappa shape index (κ2) is 57.5. The van der Waals surface area contributed by atoms with Gasteiger partial charge in [-0.3, -0.25) is 19.2 Å². The van der Waals surface area contributed by atoms with E-state index in [1.165, 1.54) is 0 Å². The second-order valence-electron chi connectivity index (χ2n) is 37.9. The number of oxime groups is 4. The minimum Gasteiger partial charge on any atom is -0.462 e. The largest absolute Gasteiger partial charge is 0.462 e. The van der Waals surface area contributed by atoms with E-state index in [-0.39, 0.29) is 110 Å². The van der Waals surface area contributed by atoms with Crippen molar-refractivity contribution >= 4 is 93.6 Å². The highest BCUT2D eigenvalue weighted by Crippen LogP contribution is 2.34. The first kappa shape index (κ1) is 111. The molecule has 138 heavy (non-hydrogen) atoms. The van der Waals surface area contributed by atoms with Gasteiger partial charge in [-0.05, 0) is 345 Å². The number of likely N-dealkylation sites (tertiary alicyclic amines) is 4. The molecular weight excluding hydrogens is 1780 g/mol. The summed E-state index contributed by atoms with van der Waals surface area (Å²) in [5.74, 6) is -1.59. The molecule has 8 aliphatic heterocycles. The number of aryl methyl sites for hydroxylation is 8. The van der Waals surface area contributed by atoms with Gasteiger partial charge in [0.25, 0.3) is 23.6 Å². The van der Waals surface area contributed by atoms with Crippen molar-refractivity contribution in [3.8, 4) is 0 Å². The van der Waals surface area contributed by atoms with Crippen molar-refractivity contribution in [2.24, 2.45) is 20.6 Å². The summed E-state index contributed by atoms with van der Waals surface area (Å²) in [5.41, 5.74) is 15.0. The highest BCUT2D eigenvalue weighted by atomic mass is 35.5.